The smallest absolute Gasteiger partial charge is 0.0940 e. The van der Waals surface area contributed by atoms with Gasteiger partial charge < -0.3 is 9.84 Å². The number of ether oxygens (including phenoxy) is 1. The Bertz CT molecular complexity index is 383. The van der Waals surface area contributed by atoms with Crippen LogP contribution in [0.4, 0.5) is 0 Å². The minimum absolute atomic E-state index is 0.357. The van der Waals surface area contributed by atoms with Crippen molar-refractivity contribution in [3.05, 3.63) is 16.1 Å². The molecule has 1 N–H and O–H groups in total. The fourth-order valence-corrected chi connectivity index (χ4v) is 3.44. The molecule has 0 saturated heterocycles. The Labute approximate surface area is 113 Å². The summed E-state index contributed by atoms with van der Waals surface area (Å²) in [6, 6.07) is 0. The van der Waals surface area contributed by atoms with Gasteiger partial charge in [0.1, 0.15) is 0 Å². The van der Waals surface area contributed by atoms with Crippen molar-refractivity contribution in [2.45, 2.75) is 57.7 Å². The van der Waals surface area contributed by atoms with Gasteiger partial charge in [-0.2, -0.15) is 0 Å². The van der Waals surface area contributed by atoms with Crippen LogP contribution in [-0.2, 0) is 11.2 Å². The van der Waals surface area contributed by atoms with E-state index in [0.29, 0.717) is 6.42 Å². The van der Waals surface area contributed by atoms with Gasteiger partial charge in [0.15, 0.2) is 0 Å². The molecule has 3 nitrogen and oxygen atoms in total. The van der Waals surface area contributed by atoms with Crippen LogP contribution in [0.2, 0.25) is 0 Å². The Kier molecular flexibility index (Phi) is 4.41. The van der Waals surface area contributed by atoms with Crippen LogP contribution in [-0.4, -0.2) is 28.9 Å². The molecule has 0 spiro atoms. The molecule has 1 aromatic rings. The summed E-state index contributed by atoms with van der Waals surface area (Å²) < 4.78 is 5.69. The zero-order chi connectivity index (χ0) is 13.2. The first kappa shape index (κ1) is 14.0. The van der Waals surface area contributed by atoms with E-state index in [0.717, 1.165) is 42.3 Å². The lowest BCUT2D eigenvalue weighted by Crippen LogP contribution is -2.47. The maximum Gasteiger partial charge on any atom is 0.0940 e. The van der Waals surface area contributed by atoms with Gasteiger partial charge in [0.2, 0.25) is 0 Å². The minimum atomic E-state index is -0.448. The predicted octanol–water partition coefficient (Wildman–Crippen LogP) is 2.95. The number of aryl methyl sites for hydroxylation is 1. The van der Waals surface area contributed by atoms with E-state index in [-0.39, 0.29) is 5.60 Å². The molecule has 1 aromatic heterocycles. The maximum absolute atomic E-state index is 10.5. The highest BCUT2D eigenvalue weighted by molar-refractivity contribution is 7.09. The lowest BCUT2D eigenvalue weighted by molar-refractivity contribution is -0.127. The van der Waals surface area contributed by atoms with Crippen LogP contribution in [0.25, 0.3) is 0 Å². The summed E-state index contributed by atoms with van der Waals surface area (Å²) in [7, 11) is 1.73. The SMILES string of the molecule is COC1(C(O)Cc2csc(C)n2)CCC(C)CC1. The molecule has 0 aliphatic heterocycles. The molecule has 4 heteroatoms. The molecule has 18 heavy (non-hydrogen) atoms. The quantitative estimate of drug-likeness (QED) is 0.914. The minimum Gasteiger partial charge on any atom is -0.390 e. The van der Waals surface area contributed by atoms with Crippen molar-refractivity contribution in [2.75, 3.05) is 7.11 Å². The fourth-order valence-electron chi connectivity index (χ4n) is 2.81. The predicted molar refractivity (Wildman–Crippen MR) is 73.9 cm³/mol. The van der Waals surface area contributed by atoms with Crippen molar-refractivity contribution in [2.24, 2.45) is 5.92 Å². The number of nitrogens with zero attached hydrogens (tertiary/aromatic N) is 1. The molecular formula is C14H23NO2S. The Morgan fingerprint density at radius 3 is 2.72 bits per heavy atom. The average Bonchev–Trinajstić information content (AvgIpc) is 2.76. The summed E-state index contributed by atoms with van der Waals surface area (Å²) >= 11 is 1.64. The summed E-state index contributed by atoms with van der Waals surface area (Å²) in [5, 5.41) is 13.6. The van der Waals surface area contributed by atoms with Gasteiger partial charge in [-0.3, -0.25) is 0 Å². The van der Waals surface area contributed by atoms with Gasteiger partial charge in [-0.15, -0.1) is 11.3 Å². The number of methoxy groups -OCH3 is 1. The zero-order valence-electron chi connectivity index (χ0n) is 11.5. The van der Waals surface area contributed by atoms with Gasteiger partial charge in [-0.05, 0) is 38.5 Å². The van der Waals surface area contributed by atoms with Gasteiger partial charge >= 0.3 is 0 Å². The van der Waals surface area contributed by atoms with Crippen molar-refractivity contribution in [1.29, 1.82) is 0 Å². The van der Waals surface area contributed by atoms with E-state index in [2.05, 4.69) is 11.9 Å². The van der Waals surface area contributed by atoms with Crippen LogP contribution in [0.15, 0.2) is 5.38 Å². The van der Waals surface area contributed by atoms with Gasteiger partial charge in [0.05, 0.1) is 22.4 Å². The van der Waals surface area contributed by atoms with E-state index in [9.17, 15) is 5.11 Å². The highest BCUT2D eigenvalue weighted by Crippen LogP contribution is 2.37. The van der Waals surface area contributed by atoms with E-state index in [1.54, 1.807) is 18.4 Å². The van der Waals surface area contributed by atoms with E-state index >= 15 is 0 Å². The van der Waals surface area contributed by atoms with Crippen LogP contribution in [0.1, 0.15) is 43.3 Å². The molecule has 1 saturated carbocycles. The first-order valence-corrected chi connectivity index (χ1v) is 7.58. The third-order valence-corrected chi connectivity index (χ3v) is 5.03. The summed E-state index contributed by atoms with van der Waals surface area (Å²) in [5.41, 5.74) is 0.629. The Hall–Kier alpha value is -0.450. The van der Waals surface area contributed by atoms with Crippen molar-refractivity contribution in [3.8, 4) is 0 Å². The zero-order valence-corrected chi connectivity index (χ0v) is 12.3. The number of hydrogen-bond donors (Lipinski definition) is 1. The molecule has 1 aliphatic carbocycles. The van der Waals surface area contributed by atoms with Gasteiger partial charge in [-0.1, -0.05) is 6.92 Å². The summed E-state index contributed by atoms with van der Waals surface area (Å²) in [4.78, 5) is 4.43. The normalized spacial score (nSPS) is 30.3. The number of aliphatic hydroxyl groups is 1. The van der Waals surface area contributed by atoms with Gasteiger partial charge in [0, 0.05) is 18.9 Å². The van der Waals surface area contributed by atoms with Crippen molar-refractivity contribution < 1.29 is 9.84 Å². The Balaban J connectivity index is 2.03. The van der Waals surface area contributed by atoms with Crippen LogP contribution in [0.3, 0.4) is 0 Å². The standard InChI is InChI=1S/C14H23NO2S/c1-10-4-6-14(17-3,7-5-10)13(16)8-12-9-18-11(2)15-12/h9-10,13,16H,4-8H2,1-3H3. The topological polar surface area (TPSA) is 42.4 Å². The Morgan fingerprint density at radius 2 is 2.22 bits per heavy atom. The summed E-state index contributed by atoms with van der Waals surface area (Å²) in [6.07, 6.45) is 4.34. The van der Waals surface area contributed by atoms with Crippen molar-refractivity contribution in [1.82, 2.24) is 4.98 Å². The molecule has 1 aliphatic rings. The van der Waals surface area contributed by atoms with Crippen LogP contribution >= 0.6 is 11.3 Å². The van der Waals surface area contributed by atoms with Gasteiger partial charge in [0.25, 0.3) is 0 Å². The third kappa shape index (κ3) is 2.92. The van der Waals surface area contributed by atoms with E-state index < -0.39 is 6.10 Å². The van der Waals surface area contributed by atoms with E-state index in [1.807, 2.05) is 12.3 Å². The molecular weight excluding hydrogens is 246 g/mol. The van der Waals surface area contributed by atoms with Crippen LogP contribution < -0.4 is 0 Å². The van der Waals surface area contributed by atoms with Crippen molar-refractivity contribution in [3.63, 3.8) is 0 Å². The first-order valence-electron chi connectivity index (χ1n) is 6.70. The number of thiazole rings is 1. The molecule has 1 fully saturated rings. The van der Waals surface area contributed by atoms with Crippen molar-refractivity contribution >= 4 is 11.3 Å². The lowest BCUT2D eigenvalue weighted by atomic mass is 9.75. The highest BCUT2D eigenvalue weighted by Gasteiger charge is 2.40. The summed E-state index contributed by atoms with van der Waals surface area (Å²) in [5.74, 6) is 0.752. The molecule has 1 unspecified atom stereocenters. The molecule has 1 atom stereocenters. The molecule has 102 valence electrons. The highest BCUT2D eigenvalue weighted by atomic mass is 32.1. The molecule has 0 amide bonds. The molecule has 0 radical (unpaired) electrons. The van der Waals surface area contributed by atoms with E-state index in [1.165, 1.54) is 0 Å². The molecule has 0 aromatic carbocycles. The van der Waals surface area contributed by atoms with Crippen LogP contribution in [0.5, 0.6) is 0 Å². The summed E-state index contributed by atoms with van der Waals surface area (Å²) in [6.45, 7) is 4.27. The second-order valence-corrected chi connectivity index (χ2v) is 6.59. The maximum atomic E-state index is 10.5. The molecule has 0 bridgehead atoms. The third-order valence-electron chi connectivity index (χ3n) is 4.20. The lowest BCUT2D eigenvalue weighted by Gasteiger charge is -2.41. The first-order chi connectivity index (χ1) is 8.55. The number of aromatic nitrogens is 1. The second kappa shape index (κ2) is 5.68. The average molecular weight is 269 g/mol. The number of aliphatic hydroxyl groups excluding tert-OH is 1. The number of rotatable bonds is 4. The van der Waals surface area contributed by atoms with E-state index in [4.69, 9.17) is 4.74 Å². The van der Waals surface area contributed by atoms with Crippen LogP contribution in [0, 0.1) is 12.8 Å². The number of hydrogen-bond acceptors (Lipinski definition) is 4. The Morgan fingerprint density at radius 1 is 1.56 bits per heavy atom. The second-order valence-electron chi connectivity index (χ2n) is 5.53. The molecule has 1 heterocycles. The molecule has 2 rings (SSSR count). The largest absolute Gasteiger partial charge is 0.390 e. The fraction of sp³-hybridized carbons (Fsp3) is 0.786. The monoisotopic (exact) mass is 269 g/mol. The van der Waals surface area contributed by atoms with Gasteiger partial charge in [-0.25, -0.2) is 4.98 Å².